The molecular formula is C16H15Cl2NO4. The third kappa shape index (κ3) is 2.62. The van der Waals surface area contributed by atoms with E-state index in [-0.39, 0.29) is 24.2 Å². The van der Waals surface area contributed by atoms with Crippen molar-refractivity contribution in [1.82, 2.24) is 0 Å². The number of halogens is 2. The summed E-state index contributed by atoms with van der Waals surface area (Å²) in [6, 6.07) is 4.93. The number of hydrogen-bond donors (Lipinski definition) is 1. The monoisotopic (exact) mass is 355 g/mol. The second-order valence-electron chi connectivity index (χ2n) is 6.23. The van der Waals surface area contributed by atoms with Crippen molar-refractivity contribution in [2.45, 2.75) is 30.5 Å². The van der Waals surface area contributed by atoms with Gasteiger partial charge < -0.3 is 10.1 Å². The molecule has 7 heteroatoms. The molecule has 3 rings (SSSR count). The van der Waals surface area contributed by atoms with Crippen LogP contribution in [0.25, 0.3) is 0 Å². The number of carbonyl (C=O) groups excluding carboxylic acids is 3. The van der Waals surface area contributed by atoms with E-state index in [0.29, 0.717) is 17.7 Å². The van der Waals surface area contributed by atoms with Crippen molar-refractivity contribution < 1.29 is 19.1 Å². The number of alkyl halides is 2. The molecule has 1 heterocycles. The Labute approximate surface area is 143 Å². The van der Waals surface area contributed by atoms with Crippen molar-refractivity contribution in [2.24, 2.45) is 5.41 Å². The van der Waals surface area contributed by atoms with Crippen molar-refractivity contribution >= 4 is 46.5 Å². The number of rotatable bonds is 4. The smallest absolute Gasteiger partial charge is 0.315 e. The first kappa shape index (κ1) is 16.3. The number of nitrogens with one attached hydrogen (secondary N) is 1. The van der Waals surface area contributed by atoms with Gasteiger partial charge >= 0.3 is 5.97 Å². The Hall–Kier alpha value is -1.59. The summed E-state index contributed by atoms with van der Waals surface area (Å²) in [6.45, 7) is 2.99. The Morgan fingerprint density at radius 2 is 2.04 bits per heavy atom. The van der Waals surface area contributed by atoms with E-state index in [2.05, 4.69) is 5.32 Å². The summed E-state index contributed by atoms with van der Waals surface area (Å²) in [5.74, 6) is -1.33. The maximum atomic E-state index is 12.2. The summed E-state index contributed by atoms with van der Waals surface area (Å²) in [6.07, 6.45) is 0.306. The van der Waals surface area contributed by atoms with Crippen LogP contribution in [0.5, 0.6) is 0 Å². The standard InChI is InChI=1S/C16H15Cl2NO4/c1-8-10-5-9(3-4-11(10)19-13(8)21)12(20)6-23-14(22)15(2)7-16(15,17)18/h3-5,8H,6-7H2,1-2H3,(H,19,21)/t8-,15-/m1/s1. The zero-order valence-corrected chi connectivity index (χ0v) is 14.1. The van der Waals surface area contributed by atoms with E-state index in [4.69, 9.17) is 27.9 Å². The molecule has 122 valence electrons. The van der Waals surface area contributed by atoms with Gasteiger partial charge in [-0.3, -0.25) is 14.4 Å². The largest absolute Gasteiger partial charge is 0.457 e. The molecule has 0 radical (unpaired) electrons. The lowest BCUT2D eigenvalue weighted by atomic mass is 9.99. The van der Waals surface area contributed by atoms with E-state index in [1.807, 2.05) is 0 Å². The van der Waals surface area contributed by atoms with E-state index in [1.54, 1.807) is 32.0 Å². The molecule has 1 saturated carbocycles. The molecule has 1 fully saturated rings. The number of benzene rings is 1. The first-order chi connectivity index (χ1) is 10.7. The first-order valence-corrected chi connectivity index (χ1v) is 7.94. The fourth-order valence-corrected chi connectivity index (χ4v) is 3.27. The molecule has 0 spiro atoms. The highest BCUT2D eigenvalue weighted by molar-refractivity contribution is 6.53. The highest BCUT2D eigenvalue weighted by atomic mass is 35.5. The van der Waals surface area contributed by atoms with Crippen LogP contribution in [0.15, 0.2) is 18.2 Å². The number of Topliss-reactive ketones (excluding diaryl/α,β-unsaturated/α-hetero) is 1. The van der Waals surface area contributed by atoms with E-state index in [9.17, 15) is 14.4 Å². The number of fused-ring (bicyclic) bond motifs is 1. The predicted octanol–water partition coefficient (Wildman–Crippen LogP) is 3.05. The predicted molar refractivity (Wildman–Crippen MR) is 85.9 cm³/mol. The Morgan fingerprint density at radius 1 is 1.39 bits per heavy atom. The maximum absolute atomic E-state index is 12.2. The van der Waals surface area contributed by atoms with Gasteiger partial charge in [-0.1, -0.05) is 0 Å². The number of amides is 1. The lowest BCUT2D eigenvalue weighted by molar-refractivity contribution is -0.148. The van der Waals surface area contributed by atoms with Gasteiger partial charge in [-0.05, 0) is 37.6 Å². The summed E-state index contributed by atoms with van der Waals surface area (Å²) in [7, 11) is 0. The van der Waals surface area contributed by atoms with Crippen molar-refractivity contribution in [3.05, 3.63) is 29.3 Å². The number of hydrogen-bond acceptors (Lipinski definition) is 4. The average molecular weight is 356 g/mol. The summed E-state index contributed by atoms with van der Waals surface area (Å²) >= 11 is 11.8. The summed E-state index contributed by atoms with van der Waals surface area (Å²) < 4.78 is 3.93. The molecule has 1 amide bonds. The van der Waals surface area contributed by atoms with Crippen LogP contribution in [-0.4, -0.2) is 28.6 Å². The summed E-state index contributed by atoms with van der Waals surface area (Å²) in [5.41, 5.74) is 0.903. The van der Waals surface area contributed by atoms with Crippen LogP contribution in [-0.2, 0) is 14.3 Å². The van der Waals surface area contributed by atoms with E-state index in [1.165, 1.54) is 0 Å². The number of ketones is 1. The number of ether oxygens (including phenoxy) is 1. The van der Waals surface area contributed by atoms with Gasteiger partial charge in [-0.2, -0.15) is 0 Å². The topological polar surface area (TPSA) is 72.5 Å². The van der Waals surface area contributed by atoms with Gasteiger partial charge in [0.25, 0.3) is 0 Å². The minimum atomic E-state index is -1.12. The van der Waals surface area contributed by atoms with E-state index in [0.717, 1.165) is 5.56 Å². The van der Waals surface area contributed by atoms with Crippen LogP contribution in [0.2, 0.25) is 0 Å². The van der Waals surface area contributed by atoms with Crippen molar-refractivity contribution in [3.63, 3.8) is 0 Å². The maximum Gasteiger partial charge on any atom is 0.315 e. The first-order valence-electron chi connectivity index (χ1n) is 7.19. The van der Waals surface area contributed by atoms with Crippen molar-refractivity contribution in [3.8, 4) is 0 Å². The minimum absolute atomic E-state index is 0.0988. The quantitative estimate of drug-likeness (QED) is 0.511. The molecule has 0 saturated heterocycles. The zero-order chi connectivity index (χ0) is 17.0. The van der Waals surface area contributed by atoms with Gasteiger partial charge in [-0.15, -0.1) is 23.2 Å². The molecule has 1 aliphatic heterocycles. The van der Waals surface area contributed by atoms with Crippen LogP contribution in [0.4, 0.5) is 5.69 Å². The zero-order valence-electron chi connectivity index (χ0n) is 12.6. The molecule has 2 atom stereocenters. The summed E-state index contributed by atoms with van der Waals surface area (Å²) in [5, 5.41) is 2.74. The van der Waals surface area contributed by atoms with Crippen LogP contribution in [0.1, 0.15) is 42.1 Å². The van der Waals surface area contributed by atoms with Crippen LogP contribution in [0.3, 0.4) is 0 Å². The Kier molecular flexibility index (Phi) is 3.69. The molecular weight excluding hydrogens is 341 g/mol. The Bertz CT molecular complexity index is 731. The summed E-state index contributed by atoms with van der Waals surface area (Å²) in [4.78, 5) is 35.8. The third-order valence-corrected chi connectivity index (χ3v) is 5.64. The molecule has 0 bridgehead atoms. The molecule has 1 aromatic carbocycles. The number of esters is 1. The van der Waals surface area contributed by atoms with Crippen LogP contribution < -0.4 is 5.32 Å². The molecule has 1 N–H and O–H groups in total. The van der Waals surface area contributed by atoms with Crippen molar-refractivity contribution in [1.29, 1.82) is 0 Å². The second kappa shape index (κ2) is 5.21. The van der Waals surface area contributed by atoms with Gasteiger partial charge in [0.1, 0.15) is 9.75 Å². The minimum Gasteiger partial charge on any atom is -0.457 e. The van der Waals surface area contributed by atoms with Gasteiger partial charge in [0, 0.05) is 17.7 Å². The fraction of sp³-hybridized carbons (Fsp3) is 0.438. The SMILES string of the molecule is C[C@H]1C(=O)Nc2ccc(C(=O)COC(=O)[C@@]3(C)CC3(Cl)Cl)cc21. The molecule has 1 aliphatic carbocycles. The molecule has 23 heavy (non-hydrogen) atoms. The van der Waals surface area contributed by atoms with E-state index >= 15 is 0 Å². The highest BCUT2D eigenvalue weighted by Gasteiger charge is 2.69. The second-order valence-corrected chi connectivity index (χ2v) is 7.71. The van der Waals surface area contributed by atoms with Gasteiger partial charge in [0.2, 0.25) is 5.91 Å². The Balaban J connectivity index is 1.66. The van der Waals surface area contributed by atoms with Crippen LogP contribution >= 0.6 is 23.2 Å². The van der Waals surface area contributed by atoms with E-state index < -0.39 is 15.7 Å². The van der Waals surface area contributed by atoms with Gasteiger partial charge in [0.05, 0.1) is 5.92 Å². The fourth-order valence-electron chi connectivity index (χ4n) is 2.59. The highest BCUT2D eigenvalue weighted by Crippen LogP contribution is 2.64. The number of anilines is 1. The molecule has 0 unspecified atom stereocenters. The number of carbonyl (C=O) groups is 3. The molecule has 1 aromatic rings. The lowest BCUT2D eigenvalue weighted by Crippen LogP contribution is -2.24. The molecule has 5 nitrogen and oxygen atoms in total. The van der Waals surface area contributed by atoms with Crippen molar-refractivity contribution in [2.75, 3.05) is 11.9 Å². The average Bonchev–Trinajstić information content (AvgIpc) is 2.89. The normalized spacial score (nSPS) is 27.1. The van der Waals surface area contributed by atoms with Gasteiger partial charge in [-0.25, -0.2) is 0 Å². The van der Waals surface area contributed by atoms with Crippen LogP contribution in [0, 0.1) is 5.41 Å². The Morgan fingerprint density at radius 3 is 2.65 bits per heavy atom. The molecule has 0 aromatic heterocycles. The van der Waals surface area contributed by atoms with Gasteiger partial charge in [0.15, 0.2) is 12.4 Å². The third-order valence-electron chi connectivity index (χ3n) is 4.53. The molecule has 2 aliphatic rings. The lowest BCUT2D eigenvalue weighted by Gasteiger charge is -2.11.